The molecule has 132 valence electrons. The molecule has 0 aliphatic heterocycles. The Bertz CT molecular complexity index is 1160. The molecule has 6 nitrogen and oxygen atoms in total. The van der Waals surface area contributed by atoms with Crippen LogP contribution in [0.2, 0.25) is 0 Å². The van der Waals surface area contributed by atoms with E-state index in [9.17, 15) is 0 Å². The molecule has 0 fully saturated rings. The summed E-state index contributed by atoms with van der Waals surface area (Å²) in [6.45, 7) is 0.530. The maximum Gasteiger partial charge on any atom is 0.206 e. The molecule has 5 aromatic rings. The van der Waals surface area contributed by atoms with Gasteiger partial charge in [0.05, 0.1) is 16.8 Å². The monoisotopic (exact) mass is 391 g/mol. The summed E-state index contributed by atoms with van der Waals surface area (Å²) in [7, 11) is 0. The molecule has 4 aromatic heterocycles. The first-order valence-electron chi connectivity index (χ1n) is 8.28. The highest BCUT2D eigenvalue weighted by Gasteiger charge is 2.11. The van der Waals surface area contributed by atoms with Crippen molar-refractivity contribution in [2.75, 3.05) is 5.32 Å². The van der Waals surface area contributed by atoms with Gasteiger partial charge < -0.3 is 9.73 Å². The van der Waals surface area contributed by atoms with Gasteiger partial charge in [-0.15, -0.1) is 21.5 Å². The Morgan fingerprint density at radius 1 is 0.889 bits per heavy atom. The lowest BCUT2D eigenvalue weighted by atomic mass is 10.3. The van der Waals surface area contributed by atoms with Crippen LogP contribution in [0.1, 0.15) is 5.76 Å². The minimum absolute atomic E-state index is 0.530. The molecule has 0 saturated carbocycles. The van der Waals surface area contributed by atoms with Crippen LogP contribution >= 0.6 is 22.7 Å². The molecule has 1 N–H and O–H groups in total. The third-order valence-corrected chi connectivity index (χ3v) is 5.84. The molecule has 0 atom stereocenters. The van der Waals surface area contributed by atoms with Crippen molar-refractivity contribution < 1.29 is 4.42 Å². The lowest BCUT2D eigenvalue weighted by Gasteiger charge is -1.98. The molecule has 0 saturated heterocycles. The molecule has 0 aliphatic carbocycles. The number of hydrogen-bond acceptors (Lipinski definition) is 8. The minimum atomic E-state index is 0.530. The first-order valence-corrected chi connectivity index (χ1v) is 9.92. The molecule has 0 radical (unpaired) electrons. The Labute approximate surface area is 162 Å². The van der Waals surface area contributed by atoms with Crippen LogP contribution in [0.3, 0.4) is 0 Å². The molecular formula is C19H13N5OS2. The third-order valence-electron chi connectivity index (χ3n) is 3.89. The first-order chi connectivity index (χ1) is 13.3. The second-order valence-electron chi connectivity index (χ2n) is 5.73. The van der Waals surface area contributed by atoms with Gasteiger partial charge >= 0.3 is 0 Å². The summed E-state index contributed by atoms with van der Waals surface area (Å²) < 4.78 is 7.09. The van der Waals surface area contributed by atoms with E-state index in [0.29, 0.717) is 6.54 Å². The largest absolute Gasteiger partial charge is 0.457 e. The van der Waals surface area contributed by atoms with E-state index in [4.69, 9.17) is 4.42 Å². The molecule has 8 heteroatoms. The smallest absolute Gasteiger partial charge is 0.206 e. The van der Waals surface area contributed by atoms with Crippen LogP contribution in [0.5, 0.6) is 0 Å². The summed E-state index contributed by atoms with van der Waals surface area (Å²) in [5.41, 5.74) is 1.81. The highest BCUT2D eigenvalue weighted by molar-refractivity contribution is 7.21. The second kappa shape index (κ2) is 6.90. The zero-order valence-electron chi connectivity index (χ0n) is 14.0. The quantitative estimate of drug-likeness (QED) is 0.450. The number of para-hydroxylation sites is 1. The number of hydrogen-bond donors (Lipinski definition) is 1. The van der Waals surface area contributed by atoms with E-state index < -0.39 is 0 Å². The number of nitrogens with zero attached hydrogens (tertiary/aromatic N) is 4. The van der Waals surface area contributed by atoms with Gasteiger partial charge in [0.2, 0.25) is 5.13 Å². The standard InChI is InChI=1S/C19H13N5OS2/c1-2-7-16-13(5-1)22-18(26-16)15-9-8-12(25-15)11-21-19-24-23-17(27-19)14-6-3-4-10-20-14/h1-10H,11H2,(H,21,24). The fourth-order valence-corrected chi connectivity index (χ4v) is 4.26. The van der Waals surface area contributed by atoms with Crippen molar-refractivity contribution in [2.24, 2.45) is 0 Å². The molecule has 0 unspecified atom stereocenters. The van der Waals surface area contributed by atoms with Gasteiger partial charge in [-0.25, -0.2) is 4.98 Å². The van der Waals surface area contributed by atoms with Crippen molar-refractivity contribution in [3.63, 3.8) is 0 Å². The van der Waals surface area contributed by atoms with E-state index in [-0.39, 0.29) is 0 Å². The average molecular weight is 391 g/mol. The minimum Gasteiger partial charge on any atom is -0.457 e. The number of benzene rings is 1. The van der Waals surface area contributed by atoms with Gasteiger partial charge in [0.25, 0.3) is 0 Å². The van der Waals surface area contributed by atoms with Crippen LogP contribution in [0.4, 0.5) is 5.13 Å². The summed E-state index contributed by atoms with van der Waals surface area (Å²) in [6.07, 6.45) is 1.75. The summed E-state index contributed by atoms with van der Waals surface area (Å²) in [4.78, 5) is 8.92. The fourth-order valence-electron chi connectivity index (χ4n) is 2.62. The molecule has 0 spiro atoms. The maximum absolute atomic E-state index is 5.94. The first kappa shape index (κ1) is 16.1. The SMILES string of the molecule is c1ccc(-c2nnc(NCc3ccc(-c4nc5ccccc5s4)o3)s2)nc1. The number of furan rings is 1. The lowest BCUT2D eigenvalue weighted by molar-refractivity contribution is 0.531. The molecule has 0 aliphatic rings. The molecular weight excluding hydrogens is 378 g/mol. The normalized spacial score (nSPS) is 11.1. The second-order valence-corrected chi connectivity index (χ2v) is 7.74. The van der Waals surface area contributed by atoms with Crippen LogP contribution in [0.25, 0.3) is 31.7 Å². The summed E-state index contributed by atoms with van der Waals surface area (Å²) in [5.74, 6) is 1.60. The van der Waals surface area contributed by atoms with Crippen LogP contribution in [-0.2, 0) is 6.54 Å². The fraction of sp³-hybridized carbons (Fsp3) is 0.0526. The van der Waals surface area contributed by atoms with Gasteiger partial charge in [0.15, 0.2) is 15.8 Å². The number of aromatic nitrogens is 4. The lowest BCUT2D eigenvalue weighted by Crippen LogP contribution is -1.97. The van der Waals surface area contributed by atoms with Crippen LogP contribution in [0.15, 0.2) is 65.2 Å². The average Bonchev–Trinajstić information content (AvgIpc) is 3.45. The van der Waals surface area contributed by atoms with Crippen molar-refractivity contribution in [3.05, 3.63) is 66.6 Å². The highest BCUT2D eigenvalue weighted by Crippen LogP contribution is 2.31. The maximum atomic E-state index is 5.94. The highest BCUT2D eigenvalue weighted by atomic mass is 32.1. The summed E-state index contributed by atoms with van der Waals surface area (Å²) in [5, 5.41) is 14.0. The van der Waals surface area contributed by atoms with Crippen LogP contribution in [0, 0.1) is 0 Å². The van der Waals surface area contributed by atoms with E-state index in [2.05, 4.69) is 31.5 Å². The van der Waals surface area contributed by atoms with E-state index in [1.54, 1.807) is 17.5 Å². The molecule has 4 heterocycles. The number of pyridine rings is 1. The Hall–Kier alpha value is -3.10. The zero-order valence-corrected chi connectivity index (χ0v) is 15.6. The van der Waals surface area contributed by atoms with Gasteiger partial charge in [-0.05, 0) is 36.4 Å². The number of nitrogens with one attached hydrogen (secondary N) is 1. The van der Waals surface area contributed by atoms with E-state index in [1.165, 1.54) is 11.3 Å². The van der Waals surface area contributed by atoms with Crippen molar-refractivity contribution >= 4 is 38.0 Å². The summed E-state index contributed by atoms with van der Waals surface area (Å²) >= 11 is 3.09. The number of fused-ring (bicyclic) bond motifs is 1. The predicted octanol–water partition coefficient (Wildman–Crippen LogP) is 5.08. The summed E-state index contributed by atoms with van der Waals surface area (Å²) in [6, 6.07) is 17.7. The van der Waals surface area contributed by atoms with Crippen LogP contribution < -0.4 is 5.32 Å². The Morgan fingerprint density at radius 3 is 2.70 bits per heavy atom. The molecule has 5 rings (SSSR count). The van der Waals surface area contributed by atoms with E-state index in [1.807, 2.05) is 48.5 Å². The number of anilines is 1. The van der Waals surface area contributed by atoms with E-state index >= 15 is 0 Å². The number of rotatable bonds is 5. The van der Waals surface area contributed by atoms with Gasteiger partial charge in [-0.3, -0.25) is 4.98 Å². The zero-order chi connectivity index (χ0) is 18.1. The van der Waals surface area contributed by atoms with Crippen LogP contribution in [-0.4, -0.2) is 20.2 Å². The van der Waals surface area contributed by atoms with Gasteiger partial charge in [0, 0.05) is 6.20 Å². The Balaban J connectivity index is 1.29. The van der Waals surface area contributed by atoms with Crippen molar-refractivity contribution in [1.82, 2.24) is 20.2 Å². The topological polar surface area (TPSA) is 76.7 Å². The molecule has 1 aromatic carbocycles. The molecule has 0 bridgehead atoms. The molecule has 0 amide bonds. The van der Waals surface area contributed by atoms with Crippen molar-refractivity contribution in [2.45, 2.75) is 6.54 Å². The van der Waals surface area contributed by atoms with Gasteiger partial charge in [-0.2, -0.15) is 0 Å². The van der Waals surface area contributed by atoms with Gasteiger partial charge in [-0.1, -0.05) is 29.5 Å². The Morgan fingerprint density at radius 2 is 1.81 bits per heavy atom. The third kappa shape index (κ3) is 3.32. The van der Waals surface area contributed by atoms with E-state index in [0.717, 1.165) is 42.6 Å². The Kier molecular flexibility index (Phi) is 4.11. The van der Waals surface area contributed by atoms with Crippen molar-refractivity contribution in [3.8, 4) is 21.5 Å². The number of thiazole rings is 1. The molecule has 27 heavy (non-hydrogen) atoms. The van der Waals surface area contributed by atoms with Crippen molar-refractivity contribution in [1.29, 1.82) is 0 Å². The van der Waals surface area contributed by atoms with Gasteiger partial charge in [0.1, 0.15) is 11.5 Å². The predicted molar refractivity (Wildman–Crippen MR) is 108 cm³/mol.